The number of unbranched alkanes of at least 4 members (excludes halogenated alkanes) is 33. The molecule has 0 saturated carbocycles. The second-order valence-corrected chi connectivity index (χ2v) is 24.1. The number of nitrogens with one attached hydrogen (secondary N) is 1. The highest BCUT2D eigenvalue weighted by molar-refractivity contribution is 7.45. The minimum absolute atomic E-state index is 0.00802. The largest absolute Gasteiger partial charge is 0.756 e. The third-order valence-corrected chi connectivity index (χ3v) is 15.1. The number of allylic oxidation sites excluding steroid dienone is 13. The molecule has 1 amide bonds. The number of amides is 1. The van der Waals surface area contributed by atoms with Gasteiger partial charge < -0.3 is 28.8 Å². The van der Waals surface area contributed by atoms with Gasteiger partial charge in [0, 0.05) is 6.42 Å². The van der Waals surface area contributed by atoms with Crippen LogP contribution in [0.25, 0.3) is 0 Å². The van der Waals surface area contributed by atoms with Gasteiger partial charge in [0.1, 0.15) is 13.2 Å². The highest BCUT2D eigenvalue weighted by Crippen LogP contribution is 2.38. The summed E-state index contributed by atoms with van der Waals surface area (Å²) >= 11 is 0. The van der Waals surface area contributed by atoms with E-state index in [-0.39, 0.29) is 12.5 Å². The first-order valence-corrected chi connectivity index (χ1v) is 33.4. The van der Waals surface area contributed by atoms with Gasteiger partial charge in [-0.05, 0) is 70.6 Å². The molecule has 3 unspecified atom stereocenters. The van der Waals surface area contributed by atoms with Crippen molar-refractivity contribution in [2.24, 2.45) is 0 Å². The summed E-state index contributed by atoms with van der Waals surface area (Å²) in [5.74, 6) is -0.212. The van der Waals surface area contributed by atoms with E-state index in [1.54, 1.807) is 6.08 Å². The zero-order valence-electron chi connectivity index (χ0n) is 50.4. The third-order valence-electron chi connectivity index (χ3n) is 14.1. The number of aliphatic hydroxyl groups is 1. The maximum Gasteiger partial charge on any atom is 0.268 e. The molecule has 0 spiro atoms. The number of phosphoric acid groups is 1. The van der Waals surface area contributed by atoms with Crippen LogP contribution < -0.4 is 10.2 Å². The summed E-state index contributed by atoms with van der Waals surface area (Å²) in [6.07, 6.45) is 81.1. The molecule has 442 valence electrons. The van der Waals surface area contributed by atoms with Crippen molar-refractivity contribution in [1.29, 1.82) is 0 Å². The van der Waals surface area contributed by atoms with E-state index >= 15 is 0 Å². The van der Waals surface area contributed by atoms with Gasteiger partial charge >= 0.3 is 0 Å². The molecule has 0 aliphatic heterocycles. The average molecular weight is 1080 g/mol. The summed E-state index contributed by atoms with van der Waals surface area (Å²) in [6, 6.07) is -0.902. The quantitative estimate of drug-likeness (QED) is 0.0272. The molecule has 0 rings (SSSR count). The summed E-state index contributed by atoms with van der Waals surface area (Å²) in [5, 5.41) is 13.9. The molecule has 2 N–H and O–H groups in total. The molecule has 0 radical (unpaired) electrons. The Morgan fingerprint density at radius 3 is 1.17 bits per heavy atom. The van der Waals surface area contributed by atoms with E-state index in [4.69, 9.17) is 9.05 Å². The lowest BCUT2D eigenvalue weighted by Crippen LogP contribution is -2.45. The molecule has 76 heavy (non-hydrogen) atoms. The lowest BCUT2D eigenvalue weighted by Gasteiger charge is -2.29. The topological polar surface area (TPSA) is 108 Å². The molecule has 0 aromatic heterocycles. The minimum atomic E-state index is -4.61. The van der Waals surface area contributed by atoms with Gasteiger partial charge in [0.15, 0.2) is 0 Å². The summed E-state index contributed by atoms with van der Waals surface area (Å²) in [4.78, 5) is 25.6. The lowest BCUT2D eigenvalue weighted by atomic mass is 10.0. The first-order chi connectivity index (χ1) is 37.0. The van der Waals surface area contributed by atoms with Crippen molar-refractivity contribution in [3.63, 3.8) is 0 Å². The number of carbonyl (C=O) groups is 1. The van der Waals surface area contributed by atoms with Gasteiger partial charge in [-0.1, -0.05) is 292 Å². The minimum Gasteiger partial charge on any atom is -0.756 e. The molecule has 9 heteroatoms. The van der Waals surface area contributed by atoms with Gasteiger partial charge in [-0.2, -0.15) is 0 Å². The number of phosphoric ester groups is 1. The van der Waals surface area contributed by atoms with E-state index in [1.807, 2.05) is 27.2 Å². The van der Waals surface area contributed by atoms with Crippen LogP contribution >= 0.6 is 7.82 Å². The van der Waals surface area contributed by atoms with E-state index in [1.165, 1.54) is 167 Å². The van der Waals surface area contributed by atoms with Crippen molar-refractivity contribution in [2.45, 2.75) is 296 Å². The number of hydrogen-bond acceptors (Lipinski definition) is 6. The fourth-order valence-electron chi connectivity index (χ4n) is 9.16. The van der Waals surface area contributed by atoms with Crippen molar-refractivity contribution < 1.29 is 32.9 Å². The van der Waals surface area contributed by atoms with Gasteiger partial charge in [0.25, 0.3) is 7.82 Å². The lowest BCUT2D eigenvalue weighted by molar-refractivity contribution is -0.870. The molecule has 0 bridgehead atoms. The van der Waals surface area contributed by atoms with Crippen molar-refractivity contribution in [1.82, 2.24) is 5.32 Å². The number of carbonyl (C=O) groups excluding carboxylic acids is 1. The molecule has 8 nitrogen and oxygen atoms in total. The Hall–Kier alpha value is -2.32. The summed E-state index contributed by atoms with van der Waals surface area (Å²) in [5.41, 5.74) is 0. The standard InChI is InChI=1S/C67H123N2O6P/c1-6-8-10-12-14-16-18-20-22-24-26-28-30-32-33-34-35-37-38-40-42-44-46-48-50-52-54-56-58-60-66(70)65(64-75-76(72,73)74-63-62-69(3,4)5)68-67(71)61-59-57-55-53-51-49-47-45-43-41-39-36-31-29-27-25-23-21-19-17-15-13-11-9-7-2/h9,11,15,17,21,23,27,29,36,39,43,45,58,60,65-66,70H,6-8,10,12-14,16,18-20,22,24-26,28,30-35,37-38,40-42,44,46-57,59,61-64H2,1-5H3,(H-,68,71,72,73)/b11-9-,17-15-,23-21-,29-27-,39-36-,45-43-,60-58+. The van der Waals surface area contributed by atoms with Crippen LogP contribution in [0.15, 0.2) is 85.1 Å². The predicted octanol–water partition coefficient (Wildman–Crippen LogP) is 19.4. The number of nitrogens with zero attached hydrogens (tertiary/aromatic N) is 1. The van der Waals surface area contributed by atoms with Crippen LogP contribution in [0.4, 0.5) is 0 Å². The van der Waals surface area contributed by atoms with Crippen LogP contribution in [0.5, 0.6) is 0 Å². The molecular weight excluding hydrogens is 960 g/mol. The molecule has 0 aliphatic carbocycles. The van der Waals surface area contributed by atoms with E-state index in [0.29, 0.717) is 17.4 Å². The van der Waals surface area contributed by atoms with Crippen LogP contribution in [-0.2, 0) is 18.4 Å². The highest BCUT2D eigenvalue weighted by Gasteiger charge is 2.23. The Bertz CT molecular complexity index is 1510. The molecular formula is C67H123N2O6P. The summed E-state index contributed by atoms with van der Waals surface area (Å²) < 4.78 is 23.4. The number of hydrogen-bond donors (Lipinski definition) is 2. The van der Waals surface area contributed by atoms with Gasteiger partial charge in [-0.25, -0.2) is 0 Å². The zero-order chi connectivity index (χ0) is 55.6. The summed E-state index contributed by atoms with van der Waals surface area (Å²) in [6.45, 7) is 4.55. The van der Waals surface area contributed by atoms with Crippen LogP contribution in [0.2, 0.25) is 0 Å². The Kier molecular flexibility index (Phi) is 55.6. The van der Waals surface area contributed by atoms with Gasteiger partial charge in [-0.3, -0.25) is 9.36 Å². The molecule has 0 saturated heterocycles. The van der Waals surface area contributed by atoms with E-state index in [2.05, 4.69) is 92.1 Å². The Morgan fingerprint density at radius 2 is 0.803 bits per heavy atom. The SMILES string of the molecule is CC/C=C\C/C=C\C/C=C\C/C=C\C/C=C\C/C=C\CCCCCCCCC(=O)NC(COP(=O)([O-])OCC[N+](C)(C)C)C(O)/C=C/CCCCCCCCCCCCCCCCCCCCCCCCCCCCC. The van der Waals surface area contributed by atoms with Crippen LogP contribution in [0.3, 0.4) is 0 Å². The first kappa shape index (κ1) is 73.7. The van der Waals surface area contributed by atoms with Gasteiger partial charge in [0.05, 0.1) is 39.9 Å². The molecule has 0 aromatic carbocycles. The maximum absolute atomic E-state index is 13.0. The third kappa shape index (κ3) is 59.3. The van der Waals surface area contributed by atoms with Gasteiger partial charge in [0.2, 0.25) is 5.91 Å². The van der Waals surface area contributed by atoms with Crippen molar-refractivity contribution in [3.8, 4) is 0 Å². The number of rotatable bonds is 58. The fraction of sp³-hybridized carbons (Fsp3) is 0.776. The fourth-order valence-corrected chi connectivity index (χ4v) is 9.88. The Balaban J connectivity index is 4.19. The molecule has 0 heterocycles. The van der Waals surface area contributed by atoms with Crippen molar-refractivity contribution in [2.75, 3.05) is 40.9 Å². The Morgan fingerprint density at radius 1 is 0.474 bits per heavy atom. The normalized spacial score (nSPS) is 14.4. The molecule has 0 aliphatic rings. The second kappa shape index (κ2) is 57.4. The monoisotopic (exact) mass is 1080 g/mol. The van der Waals surface area contributed by atoms with Crippen molar-refractivity contribution >= 4 is 13.7 Å². The molecule has 0 fully saturated rings. The smallest absolute Gasteiger partial charge is 0.268 e. The summed E-state index contributed by atoms with van der Waals surface area (Å²) in [7, 11) is 1.25. The maximum atomic E-state index is 13.0. The van der Waals surface area contributed by atoms with E-state index in [9.17, 15) is 19.4 Å². The Labute approximate surface area is 471 Å². The van der Waals surface area contributed by atoms with E-state index < -0.39 is 26.6 Å². The van der Waals surface area contributed by atoms with Crippen LogP contribution in [0, 0.1) is 0 Å². The van der Waals surface area contributed by atoms with Crippen molar-refractivity contribution in [3.05, 3.63) is 85.1 Å². The predicted molar refractivity (Wildman–Crippen MR) is 330 cm³/mol. The van der Waals surface area contributed by atoms with Gasteiger partial charge in [-0.15, -0.1) is 0 Å². The first-order valence-electron chi connectivity index (χ1n) is 31.9. The number of likely N-dealkylation sites (N-methyl/N-ethyl adjacent to an activating group) is 1. The second-order valence-electron chi connectivity index (χ2n) is 22.7. The molecule has 0 aromatic rings. The average Bonchev–Trinajstić information content (AvgIpc) is 3.38. The van der Waals surface area contributed by atoms with Crippen LogP contribution in [0.1, 0.15) is 284 Å². The highest BCUT2D eigenvalue weighted by atomic mass is 31.2. The zero-order valence-corrected chi connectivity index (χ0v) is 51.3. The number of aliphatic hydroxyl groups excluding tert-OH is 1. The van der Waals surface area contributed by atoms with E-state index in [0.717, 1.165) is 96.3 Å². The number of quaternary nitrogens is 1. The van der Waals surface area contributed by atoms with Crippen LogP contribution in [-0.4, -0.2) is 68.5 Å². The molecule has 3 atom stereocenters.